The summed E-state index contributed by atoms with van der Waals surface area (Å²) in [7, 11) is 1.91. The van der Waals surface area contributed by atoms with Crippen LogP contribution in [-0.2, 0) is 6.54 Å². The second-order valence-electron chi connectivity index (χ2n) is 4.06. The summed E-state index contributed by atoms with van der Waals surface area (Å²) in [5, 5.41) is 3.07. The van der Waals surface area contributed by atoms with Gasteiger partial charge in [-0.15, -0.1) is 0 Å². The van der Waals surface area contributed by atoms with Gasteiger partial charge in [-0.1, -0.05) is 19.9 Å². The van der Waals surface area contributed by atoms with Crippen molar-refractivity contribution in [1.29, 1.82) is 0 Å². The fraction of sp³-hybridized carbons (Fsp3) is 0.583. The van der Waals surface area contributed by atoms with Crippen LogP contribution >= 0.6 is 0 Å². The lowest BCUT2D eigenvalue weighted by atomic mass is 10.1. The van der Waals surface area contributed by atoms with E-state index in [0.29, 0.717) is 11.8 Å². The molecule has 84 valence electrons. The molecular weight excluding hydrogens is 188 g/mol. The van der Waals surface area contributed by atoms with Crippen LogP contribution in [0.3, 0.4) is 0 Å². The van der Waals surface area contributed by atoms with E-state index in [2.05, 4.69) is 31.1 Å². The third kappa shape index (κ3) is 3.88. The van der Waals surface area contributed by atoms with Crippen LogP contribution in [-0.4, -0.2) is 18.1 Å². The first-order valence-electron chi connectivity index (χ1n) is 5.40. The Labute approximate surface area is 91.9 Å². The van der Waals surface area contributed by atoms with E-state index in [-0.39, 0.29) is 6.10 Å². The van der Waals surface area contributed by atoms with E-state index in [1.54, 1.807) is 0 Å². The average Bonchev–Trinajstić information content (AvgIpc) is 2.18. The van der Waals surface area contributed by atoms with Crippen molar-refractivity contribution < 1.29 is 4.74 Å². The van der Waals surface area contributed by atoms with Crippen molar-refractivity contribution >= 4 is 0 Å². The molecule has 0 bridgehead atoms. The largest absolute Gasteiger partial charge is 0.474 e. The summed E-state index contributed by atoms with van der Waals surface area (Å²) in [5.74, 6) is 1.21. The van der Waals surface area contributed by atoms with Gasteiger partial charge in [0.1, 0.15) is 0 Å². The lowest BCUT2D eigenvalue weighted by Gasteiger charge is -2.17. The molecule has 1 aromatic heterocycles. The van der Waals surface area contributed by atoms with E-state index in [1.807, 2.05) is 25.2 Å². The number of aromatic nitrogens is 1. The molecule has 15 heavy (non-hydrogen) atoms. The van der Waals surface area contributed by atoms with Gasteiger partial charge < -0.3 is 10.1 Å². The van der Waals surface area contributed by atoms with E-state index in [9.17, 15) is 0 Å². The van der Waals surface area contributed by atoms with Crippen molar-refractivity contribution in [2.24, 2.45) is 5.92 Å². The van der Waals surface area contributed by atoms with E-state index < -0.39 is 0 Å². The number of rotatable bonds is 5. The lowest BCUT2D eigenvalue weighted by Crippen LogP contribution is -2.19. The summed E-state index contributed by atoms with van der Waals surface area (Å²) in [4.78, 5) is 4.40. The number of hydrogen-bond acceptors (Lipinski definition) is 3. The van der Waals surface area contributed by atoms with Crippen LogP contribution in [0.15, 0.2) is 18.2 Å². The monoisotopic (exact) mass is 208 g/mol. The second kappa shape index (κ2) is 5.71. The van der Waals surface area contributed by atoms with E-state index in [1.165, 1.54) is 0 Å². The van der Waals surface area contributed by atoms with Gasteiger partial charge in [-0.25, -0.2) is 4.98 Å². The number of nitrogens with one attached hydrogen (secondary N) is 1. The highest BCUT2D eigenvalue weighted by Crippen LogP contribution is 2.13. The minimum Gasteiger partial charge on any atom is -0.474 e. The number of ether oxygens (including phenoxy) is 1. The van der Waals surface area contributed by atoms with Crippen LogP contribution in [0.1, 0.15) is 26.5 Å². The third-order valence-electron chi connectivity index (χ3n) is 2.38. The molecule has 0 saturated heterocycles. The van der Waals surface area contributed by atoms with Gasteiger partial charge in [0.05, 0.1) is 11.8 Å². The van der Waals surface area contributed by atoms with Crippen LogP contribution < -0.4 is 10.1 Å². The summed E-state index contributed by atoms with van der Waals surface area (Å²) in [6.45, 7) is 7.12. The van der Waals surface area contributed by atoms with Crippen molar-refractivity contribution in [3.05, 3.63) is 23.9 Å². The Morgan fingerprint density at radius 3 is 2.67 bits per heavy atom. The maximum Gasteiger partial charge on any atom is 0.213 e. The number of pyridine rings is 1. The molecule has 0 aliphatic rings. The smallest absolute Gasteiger partial charge is 0.213 e. The molecule has 0 radical (unpaired) electrons. The first-order valence-corrected chi connectivity index (χ1v) is 5.40. The maximum absolute atomic E-state index is 5.72. The lowest BCUT2D eigenvalue weighted by molar-refractivity contribution is 0.163. The summed E-state index contributed by atoms with van der Waals surface area (Å²) in [6, 6.07) is 5.86. The fourth-order valence-electron chi connectivity index (χ4n) is 1.13. The number of hydrogen-bond donors (Lipinski definition) is 1. The van der Waals surface area contributed by atoms with E-state index in [4.69, 9.17) is 4.74 Å². The number of nitrogens with zero attached hydrogens (tertiary/aromatic N) is 1. The molecule has 0 aliphatic heterocycles. The van der Waals surface area contributed by atoms with Crippen molar-refractivity contribution in [2.45, 2.75) is 33.4 Å². The Hall–Kier alpha value is -1.09. The molecule has 0 fully saturated rings. The normalized spacial score (nSPS) is 12.9. The molecule has 0 spiro atoms. The maximum atomic E-state index is 5.72. The van der Waals surface area contributed by atoms with Crippen LogP contribution in [0.2, 0.25) is 0 Å². The minimum atomic E-state index is 0.197. The van der Waals surface area contributed by atoms with Crippen LogP contribution in [0.4, 0.5) is 0 Å². The zero-order valence-corrected chi connectivity index (χ0v) is 9.95. The standard InChI is InChI=1S/C12H20N2O/c1-9(2)10(3)15-12-7-5-6-11(14-12)8-13-4/h5-7,9-10,13H,8H2,1-4H3. The van der Waals surface area contributed by atoms with Crippen LogP contribution in [0.25, 0.3) is 0 Å². The van der Waals surface area contributed by atoms with Gasteiger partial charge in [0.15, 0.2) is 0 Å². The van der Waals surface area contributed by atoms with Crippen LogP contribution in [0.5, 0.6) is 5.88 Å². The Kier molecular flexibility index (Phi) is 4.56. The quantitative estimate of drug-likeness (QED) is 0.805. The van der Waals surface area contributed by atoms with Gasteiger partial charge in [-0.3, -0.25) is 0 Å². The molecule has 1 N–H and O–H groups in total. The SMILES string of the molecule is CNCc1cccc(OC(C)C(C)C)n1. The highest BCUT2D eigenvalue weighted by atomic mass is 16.5. The molecule has 3 heteroatoms. The first kappa shape index (κ1) is 12.0. The Morgan fingerprint density at radius 2 is 2.07 bits per heavy atom. The van der Waals surface area contributed by atoms with Crippen molar-refractivity contribution in [3.8, 4) is 5.88 Å². The molecular formula is C12H20N2O. The predicted octanol–water partition coefficient (Wildman–Crippen LogP) is 2.22. The Balaban J connectivity index is 2.64. The predicted molar refractivity (Wildman–Crippen MR) is 61.9 cm³/mol. The topological polar surface area (TPSA) is 34.1 Å². The van der Waals surface area contributed by atoms with Crippen molar-refractivity contribution in [3.63, 3.8) is 0 Å². The molecule has 1 aromatic rings. The zero-order valence-electron chi connectivity index (χ0n) is 9.95. The van der Waals surface area contributed by atoms with Crippen LogP contribution in [0, 0.1) is 5.92 Å². The zero-order chi connectivity index (χ0) is 11.3. The summed E-state index contributed by atoms with van der Waals surface area (Å²) >= 11 is 0. The Bertz CT molecular complexity index is 299. The molecule has 0 amide bonds. The van der Waals surface area contributed by atoms with E-state index >= 15 is 0 Å². The van der Waals surface area contributed by atoms with Gasteiger partial charge in [0.25, 0.3) is 0 Å². The minimum absolute atomic E-state index is 0.197. The fourth-order valence-corrected chi connectivity index (χ4v) is 1.13. The van der Waals surface area contributed by atoms with Gasteiger partial charge >= 0.3 is 0 Å². The second-order valence-corrected chi connectivity index (χ2v) is 4.06. The van der Waals surface area contributed by atoms with Gasteiger partial charge in [0, 0.05) is 12.6 Å². The van der Waals surface area contributed by atoms with Gasteiger partial charge in [-0.05, 0) is 26.0 Å². The summed E-state index contributed by atoms with van der Waals surface area (Å²) in [6.07, 6.45) is 0.197. The molecule has 3 nitrogen and oxygen atoms in total. The molecule has 0 saturated carbocycles. The molecule has 1 rings (SSSR count). The Morgan fingerprint density at radius 1 is 1.33 bits per heavy atom. The molecule has 1 heterocycles. The highest BCUT2D eigenvalue weighted by Gasteiger charge is 2.09. The molecule has 0 aliphatic carbocycles. The average molecular weight is 208 g/mol. The molecule has 0 aromatic carbocycles. The van der Waals surface area contributed by atoms with Crippen molar-refractivity contribution in [1.82, 2.24) is 10.3 Å². The molecule has 1 unspecified atom stereocenters. The summed E-state index contributed by atoms with van der Waals surface area (Å²) < 4.78 is 5.72. The van der Waals surface area contributed by atoms with Crippen molar-refractivity contribution in [2.75, 3.05) is 7.05 Å². The van der Waals surface area contributed by atoms with Gasteiger partial charge in [0.2, 0.25) is 5.88 Å². The summed E-state index contributed by atoms with van der Waals surface area (Å²) in [5.41, 5.74) is 1.01. The van der Waals surface area contributed by atoms with Gasteiger partial charge in [-0.2, -0.15) is 0 Å². The van der Waals surface area contributed by atoms with E-state index in [0.717, 1.165) is 12.2 Å². The highest BCUT2D eigenvalue weighted by molar-refractivity contribution is 5.15. The molecule has 1 atom stereocenters. The first-order chi connectivity index (χ1) is 7.13. The third-order valence-corrected chi connectivity index (χ3v) is 2.38.